The molecule has 0 saturated heterocycles. The van der Waals surface area contributed by atoms with Crippen LogP contribution in [0.1, 0.15) is 43.0 Å². The lowest BCUT2D eigenvalue weighted by molar-refractivity contribution is -0.140. The third-order valence-corrected chi connectivity index (χ3v) is 8.25. The maximum atomic E-state index is 12.1. The van der Waals surface area contributed by atoms with E-state index in [1.807, 2.05) is 48.5 Å². The van der Waals surface area contributed by atoms with Gasteiger partial charge in [-0.2, -0.15) is 19.6 Å². The molecule has 0 amide bonds. The number of hydrogen-bond acceptors (Lipinski definition) is 14. The quantitative estimate of drug-likeness (QED) is 0.196. The third kappa shape index (κ3) is 9.42. The molecule has 0 atom stereocenters. The van der Waals surface area contributed by atoms with Gasteiger partial charge in [0, 0.05) is 24.0 Å². The lowest BCUT2D eigenvalue weighted by Crippen LogP contribution is -2.11. The van der Waals surface area contributed by atoms with Crippen LogP contribution in [0.4, 0.5) is 0 Å². The van der Waals surface area contributed by atoms with Crippen molar-refractivity contribution in [3.8, 4) is 11.5 Å². The Balaban J connectivity index is 1.46. The van der Waals surface area contributed by atoms with Gasteiger partial charge in [0.15, 0.2) is 11.6 Å². The Hall–Kier alpha value is -4.70. The van der Waals surface area contributed by atoms with E-state index in [-0.39, 0.29) is 36.7 Å². The summed E-state index contributed by atoms with van der Waals surface area (Å²) in [5, 5.41) is 27.7. The highest BCUT2D eigenvalue weighted by atomic mass is 32.2. The first-order chi connectivity index (χ1) is 23.1. The molecule has 0 N–H and O–H groups in total. The van der Waals surface area contributed by atoms with Gasteiger partial charge in [0.2, 0.25) is 10.3 Å². The minimum atomic E-state index is -0.352. The minimum absolute atomic E-state index is 0.0664. The summed E-state index contributed by atoms with van der Waals surface area (Å²) >= 11 is 2.39. The van der Waals surface area contributed by atoms with E-state index in [0.29, 0.717) is 65.9 Å². The predicted octanol–water partition coefficient (Wildman–Crippen LogP) is 3.89. The van der Waals surface area contributed by atoms with Crippen LogP contribution in [0.25, 0.3) is 0 Å². The number of esters is 2. The Morgan fingerprint density at radius 2 is 1.15 bits per heavy atom. The molecule has 0 radical (unpaired) electrons. The first-order valence-corrected chi connectivity index (χ1v) is 17.0. The molecule has 2 aromatic carbocycles. The number of nitrogens with zero attached hydrogens (tertiary/aromatic N) is 8. The number of rotatable bonds is 8. The number of aromatic nitrogens is 6. The van der Waals surface area contributed by atoms with Gasteiger partial charge >= 0.3 is 11.9 Å². The largest absolute Gasteiger partial charge is 0.489 e. The summed E-state index contributed by atoms with van der Waals surface area (Å²) in [7, 11) is 0. The average Bonchev–Trinajstić information content (AvgIpc) is 3.66. The summed E-state index contributed by atoms with van der Waals surface area (Å²) in [5.41, 5.74) is 1.50. The fourth-order valence-corrected chi connectivity index (χ4v) is 5.76. The van der Waals surface area contributed by atoms with Crippen LogP contribution >= 0.6 is 23.5 Å². The first-order valence-electron chi connectivity index (χ1n) is 15.0. The number of fused-ring (bicyclic) bond motifs is 4. The standard InChI is InChI=1S/C31H34N8O6S2/c1-3-42-28(40)20-46-30-36-34-26-14-9-15-27-35-37-31(47-21-29(41)43-4-2)39(27)33-19-23-11-6-8-13-25(23)45-17-16-44-24-12-7-5-10-22(24)18-32-38(26)30/h5-8,10-13,18-19H,3-4,9,14-17,20-21H2,1-2H3/b32-18-,33-19-. The molecule has 0 fully saturated rings. The Morgan fingerprint density at radius 1 is 0.702 bits per heavy atom. The van der Waals surface area contributed by atoms with E-state index in [0.717, 1.165) is 11.1 Å². The van der Waals surface area contributed by atoms with Crippen LogP contribution in [0.5, 0.6) is 11.5 Å². The van der Waals surface area contributed by atoms with Crippen molar-refractivity contribution in [3.05, 3.63) is 71.3 Å². The minimum Gasteiger partial charge on any atom is -0.489 e. The van der Waals surface area contributed by atoms with E-state index in [2.05, 4.69) is 20.4 Å². The molecule has 47 heavy (non-hydrogen) atoms. The average molecular weight is 679 g/mol. The number of ether oxygens (including phenoxy) is 4. The lowest BCUT2D eigenvalue weighted by Gasteiger charge is -2.12. The van der Waals surface area contributed by atoms with Crippen molar-refractivity contribution in [2.24, 2.45) is 10.2 Å². The molecule has 1 aliphatic rings. The van der Waals surface area contributed by atoms with Crippen LogP contribution in [0.3, 0.4) is 0 Å². The highest BCUT2D eigenvalue weighted by molar-refractivity contribution is 8.00. The van der Waals surface area contributed by atoms with Crippen molar-refractivity contribution in [2.45, 2.75) is 43.4 Å². The van der Waals surface area contributed by atoms with Crippen LogP contribution in [0.15, 0.2) is 69.0 Å². The highest BCUT2D eigenvalue weighted by Gasteiger charge is 2.18. The smallest absolute Gasteiger partial charge is 0.316 e. The van der Waals surface area contributed by atoms with Crippen molar-refractivity contribution >= 4 is 47.9 Å². The number of thioether (sulfide) groups is 2. The van der Waals surface area contributed by atoms with Gasteiger partial charge in [-0.1, -0.05) is 47.8 Å². The maximum absolute atomic E-state index is 12.1. The zero-order valence-electron chi connectivity index (χ0n) is 26.0. The lowest BCUT2D eigenvalue weighted by atomic mass is 10.2. The monoisotopic (exact) mass is 678 g/mol. The van der Waals surface area contributed by atoms with Gasteiger partial charge in [0.25, 0.3) is 0 Å². The van der Waals surface area contributed by atoms with E-state index in [1.54, 1.807) is 35.6 Å². The molecule has 0 saturated carbocycles. The van der Waals surface area contributed by atoms with Crippen LogP contribution in [-0.2, 0) is 31.9 Å². The van der Waals surface area contributed by atoms with E-state index < -0.39 is 0 Å². The molecular weight excluding hydrogens is 645 g/mol. The Labute approximate surface area is 279 Å². The van der Waals surface area contributed by atoms with E-state index in [9.17, 15) is 9.59 Å². The number of para-hydroxylation sites is 2. The van der Waals surface area contributed by atoms with Crippen LogP contribution in [-0.4, -0.2) is 92.0 Å². The SMILES string of the molecule is CCOC(=O)CSc1nnc2n1/N=C\c1ccccc1OCCOc1ccccc1/C=N\n1c(nnc1SCC(=O)OCC)CCC2. The van der Waals surface area contributed by atoms with Crippen molar-refractivity contribution in [3.63, 3.8) is 0 Å². The molecule has 16 heteroatoms. The molecule has 2 aromatic heterocycles. The zero-order chi connectivity index (χ0) is 32.8. The van der Waals surface area contributed by atoms with Gasteiger partial charge in [0.05, 0.1) is 37.1 Å². The number of benzene rings is 2. The molecular formula is C31H34N8O6S2. The number of carbonyl (C=O) groups is 2. The Bertz CT molecular complexity index is 1600. The second-order valence-electron chi connectivity index (χ2n) is 9.72. The Morgan fingerprint density at radius 3 is 1.60 bits per heavy atom. The van der Waals surface area contributed by atoms with Crippen molar-refractivity contribution in [1.29, 1.82) is 0 Å². The topological polar surface area (TPSA) is 157 Å². The van der Waals surface area contributed by atoms with Crippen molar-refractivity contribution in [2.75, 3.05) is 37.9 Å². The van der Waals surface area contributed by atoms with E-state index in [1.165, 1.54) is 23.5 Å². The van der Waals surface area contributed by atoms with Crippen LogP contribution in [0.2, 0.25) is 0 Å². The highest BCUT2D eigenvalue weighted by Crippen LogP contribution is 2.23. The second kappa shape index (κ2) is 17.3. The second-order valence-corrected chi connectivity index (χ2v) is 11.6. The summed E-state index contributed by atoms with van der Waals surface area (Å²) in [6, 6.07) is 15.1. The molecule has 0 aliphatic carbocycles. The number of aryl methyl sites for hydroxylation is 2. The van der Waals surface area contributed by atoms with E-state index >= 15 is 0 Å². The van der Waals surface area contributed by atoms with Crippen molar-refractivity contribution in [1.82, 2.24) is 29.7 Å². The van der Waals surface area contributed by atoms with Crippen LogP contribution < -0.4 is 9.47 Å². The molecule has 0 spiro atoms. The number of hydrogen-bond donors (Lipinski definition) is 0. The molecule has 3 heterocycles. The maximum Gasteiger partial charge on any atom is 0.316 e. The van der Waals surface area contributed by atoms with Crippen LogP contribution in [0, 0.1) is 0 Å². The summed E-state index contributed by atoms with van der Waals surface area (Å²) in [4.78, 5) is 24.1. The van der Waals surface area contributed by atoms with Crippen molar-refractivity contribution < 1.29 is 28.5 Å². The third-order valence-electron chi connectivity index (χ3n) is 6.46. The van der Waals surface area contributed by atoms with E-state index in [4.69, 9.17) is 29.2 Å². The Kier molecular flexibility index (Phi) is 12.4. The first kappa shape index (κ1) is 33.7. The van der Waals surface area contributed by atoms with Gasteiger partial charge < -0.3 is 18.9 Å². The number of carbonyl (C=O) groups excluding carboxylic acids is 2. The molecule has 246 valence electrons. The summed E-state index contributed by atoms with van der Waals surface area (Å²) in [6.45, 7) is 4.66. The van der Waals surface area contributed by atoms with Gasteiger partial charge in [-0.15, -0.1) is 20.4 Å². The zero-order valence-corrected chi connectivity index (χ0v) is 27.6. The molecule has 0 unspecified atom stereocenters. The fraction of sp³-hybridized carbons (Fsp3) is 0.355. The summed E-state index contributed by atoms with van der Waals surface area (Å²) in [6.07, 6.45) is 4.94. The fourth-order valence-electron chi connectivity index (χ4n) is 4.35. The summed E-state index contributed by atoms with van der Waals surface area (Å²) < 4.78 is 25.5. The molecule has 4 aromatic rings. The normalized spacial score (nSPS) is 14.7. The van der Waals surface area contributed by atoms with Gasteiger partial charge in [0.1, 0.15) is 24.7 Å². The predicted molar refractivity (Wildman–Crippen MR) is 177 cm³/mol. The molecule has 0 bridgehead atoms. The molecule has 1 aliphatic heterocycles. The van der Waals surface area contributed by atoms with Gasteiger partial charge in [-0.3, -0.25) is 9.59 Å². The van der Waals surface area contributed by atoms with Gasteiger partial charge in [-0.25, -0.2) is 0 Å². The molecule has 5 rings (SSSR count). The van der Waals surface area contributed by atoms with Gasteiger partial charge in [-0.05, 0) is 44.5 Å². The summed E-state index contributed by atoms with van der Waals surface area (Å²) in [5.74, 6) is 1.88. The molecule has 14 nitrogen and oxygen atoms in total.